The molecule has 0 atom stereocenters. The predicted molar refractivity (Wildman–Crippen MR) is 112 cm³/mol. The summed E-state index contributed by atoms with van der Waals surface area (Å²) < 4.78 is 48.5. The minimum absolute atomic E-state index is 0.0394. The molecule has 0 saturated heterocycles. The van der Waals surface area contributed by atoms with Gasteiger partial charge >= 0.3 is 6.18 Å². The third-order valence-corrected chi connectivity index (χ3v) is 4.83. The lowest BCUT2D eigenvalue weighted by Gasteiger charge is -2.23. The van der Waals surface area contributed by atoms with E-state index >= 15 is 0 Å². The monoisotopic (exact) mass is 438 g/mol. The van der Waals surface area contributed by atoms with Gasteiger partial charge in [-0.2, -0.15) is 13.2 Å². The van der Waals surface area contributed by atoms with Crippen molar-refractivity contribution in [3.8, 4) is 5.75 Å². The number of hydrogen-bond donors (Lipinski definition) is 2. The van der Waals surface area contributed by atoms with E-state index in [1.165, 1.54) is 6.07 Å². The molecule has 1 aromatic heterocycles. The van der Waals surface area contributed by atoms with Crippen LogP contribution < -0.4 is 15.4 Å². The Labute approximate surface area is 180 Å². The van der Waals surface area contributed by atoms with Crippen LogP contribution in [0.2, 0.25) is 0 Å². The van der Waals surface area contributed by atoms with Crippen LogP contribution in [0, 0.1) is 0 Å². The van der Waals surface area contributed by atoms with Gasteiger partial charge in [0.15, 0.2) is 11.8 Å². The van der Waals surface area contributed by atoms with Gasteiger partial charge in [-0.1, -0.05) is 6.07 Å². The van der Waals surface area contributed by atoms with Crippen molar-refractivity contribution < 1.29 is 17.9 Å². The number of nitrogens with one attached hydrogen (secondary N) is 2. The van der Waals surface area contributed by atoms with E-state index < -0.39 is 17.3 Å². The first-order valence-corrected chi connectivity index (χ1v) is 10.3. The maximum atomic E-state index is 13.6. The largest absolute Gasteiger partial charge is 0.488 e. The minimum atomic E-state index is -4.49. The third-order valence-electron chi connectivity index (χ3n) is 4.83. The molecule has 1 aliphatic heterocycles. The number of aryl methyl sites for hydroxylation is 1. The van der Waals surface area contributed by atoms with Gasteiger partial charge in [0.05, 0.1) is 12.1 Å². The zero-order valence-electron chi connectivity index (χ0n) is 18.3. The smallest absolute Gasteiger partial charge is 0.416 e. The number of guanidine groups is 1. The number of nitrogens with zero attached hydrogens (tertiary/aromatic N) is 4. The Morgan fingerprint density at radius 2 is 1.87 bits per heavy atom. The quantitative estimate of drug-likeness (QED) is 0.550. The predicted octanol–water partition coefficient (Wildman–Crippen LogP) is 3.68. The Bertz CT molecular complexity index is 930. The Hall–Kier alpha value is -2.78. The van der Waals surface area contributed by atoms with Gasteiger partial charge in [0, 0.05) is 26.6 Å². The van der Waals surface area contributed by atoms with Crippen LogP contribution in [-0.4, -0.2) is 33.4 Å². The number of halogens is 3. The van der Waals surface area contributed by atoms with Crippen LogP contribution in [0.15, 0.2) is 23.2 Å². The lowest BCUT2D eigenvalue weighted by atomic mass is 10.1. The van der Waals surface area contributed by atoms with E-state index in [0.717, 1.165) is 43.5 Å². The summed E-state index contributed by atoms with van der Waals surface area (Å²) in [5.41, 5.74) is -1.21. The minimum Gasteiger partial charge on any atom is -0.488 e. The number of alkyl halides is 3. The van der Waals surface area contributed by atoms with Crippen LogP contribution in [0.4, 0.5) is 13.2 Å². The Kier molecular flexibility index (Phi) is 6.76. The van der Waals surface area contributed by atoms with Crippen molar-refractivity contribution in [1.29, 1.82) is 0 Å². The molecule has 0 bridgehead atoms. The van der Waals surface area contributed by atoms with E-state index in [0.29, 0.717) is 12.5 Å². The summed E-state index contributed by atoms with van der Waals surface area (Å²) in [6.07, 6.45) is -1.39. The molecule has 0 fully saturated rings. The number of ether oxygens (including phenoxy) is 1. The molecule has 3 rings (SSSR count). The van der Waals surface area contributed by atoms with E-state index in [1.807, 2.05) is 0 Å². The topological polar surface area (TPSA) is 76.4 Å². The molecule has 0 saturated carbocycles. The number of hydrogen-bond acceptors (Lipinski definition) is 4. The fraction of sp³-hybridized carbons (Fsp3) is 0.571. The number of benzene rings is 1. The SMILES string of the molecule is CN=C(NCc1ccc(OC(C)(C)C)cc1C(F)(F)F)NCc1nnc2n1CCCC2. The summed E-state index contributed by atoms with van der Waals surface area (Å²) in [4.78, 5) is 4.10. The average Bonchev–Trinajstić information content (AvgIpc) is 3.10. The highest BCUT2D eigenvalue weighted by atomic mass is 19.4. The third kappa shape index (κ3) is 6.11. The summed E-state index contributed by atoms with van der Waals surface area (Å²) in [5, 5.41) is 14.5. The second kappa shape index (κ2) is 9.15. The normalized spacial score (nSPS) is 14.9. The summed E-state index contributed by atoms with van der Waals surface area (Å²) in [6.45, 7) is 6.59. The molecule has 0 amide bonds. The highest BCUT2D eigenvalue weighted by molar-refractivity contribution is 5.79. The van der Waals surface area contributed by atoms with E-state index in [2.05, 4.69) is 30.4 Å². The molecule has 0 aliphatic carbocycles. The molecule has 2 aromatic rings. The summed E-state index contributed by atoms with van der Waals surface area (Å²) >= 11 is 0. The summed E-state index contributed by atoms with van der Waals surface area (Å²) in [5.74, 6) is 2.33. The molecule has 31 heavy (non-hydrogen) atoms. The van der Waals surface area contributed by atoms with Crippen LogP contribution in [-0.2, 0) is 32.2 Å². The Morgan fingerprint density at radius 3 is 2.55 bits per heavy atom. The number of aliphatic imine (C=N–C) groups is 1. The fourth-order valence-corrected chi connectivity index (χ4v) is 3.45. The zero-order chi connectivity index (χ0) is 22.6. The van der Waals surface area contributed by atoms with Crippen molar-refractivity contribution in [2.45, 2.75) is 71.4 Å². The van der Waals surface area contributed by atoms with Crippen LogP contribution in [0.1, 0.15) is 56.4 Å². The number of rotatable bonds is 5. The molecule has 10 heteroatoms. The van der Waals surface area contributed by atoms with Gasteiger partial charge in [-0.25, -0.2) is 0 Å². The molecular formula is C21H29F3N6O. The highest BCUT2D eigenvalue weighted by Gasteiger charge is 2.34. The second-order valence-corrected chi connectivity index (χ2v) is 8.45. The molecular weight excluding hydrogens is 409 g/mol. The average molecular weight is 438 g/mol. The van der Waals surface area contributed by atoms with Gasteiger partial charge in [0.1, 0.15) is 17.2 Å². The van der Waals surface area contributed by atoms with Crippen molar-refractivity contribution in [2.75, 3.05) is 7.05 Å². The van der Waals surface area contributed by atoms with Crippen molar-refractivity contribution in [3.63, 3.8) is 0 Å². The van der Waals surface area contributed by atoms with Crippen molar-refractivity contribution in [2.24, 2.45) is 4.99 Å². The second-order valence-electron chi connectivity index (χ2n) is 8.45. The molecule has 0 unspecified atom stereocenters. The Balaban J connectivity index is 1.66. The molecule has 0 spiro atoms. The standard InChI is InChI=1S/C21H29F3N6O/c1-20(2,3)31-15-9-8-14(16(11-15)21(22,23)24)12-26-19(25-4)27-13-18-29-28-17-7-5-6-10-30(17)18/h8-9,11H,5-7,10,12-13H2,1-4H3,(H2,25,26,27). The molecule has 2 N–H and O–H groups in total. The van der Waals surface area contributed by atoms with Crippen LogP contribution in [0.5, 0.6) is 5.75 Å². The van der Waals surface area contributed by atoms with Gasteiger partial charge in [-0.15, -0.1) is 10.2 Å². The molecule has 7 nitrogen and oxygen atoms in total. The van der Waals surface area contributed by atoms with Gasteiger partial charge in [-0.05, 0) is 51.3 Å². The van der Waals surface area contributed by atoms with Gasteiger partial charge < -0.3 is 19.9 Å². The fourth-order valence-electron chi connectivity index (χ4n) is 3.45. The first kappa shape index (κ1) is 22.9. The Morgan fingerprint density at radius 1 is 1.13 bits per heavy atom. The molecule has 0 radical (unpaired) electrons. The lowest BCUT2D eigenvalue weighted by molar-refractivity contribution is -0.138. The molecule has 170 valence electrons. The molecule has 1 aromatic carbocycles. The maximum absolute atomic E-state index is 13.6. The first-order chi connectivity index (χ1) is 14.6. The number of aromatic nitrogens is 3. The number of fused-ring (bicyclic) bond motifs is 1. The van der Waals surface area contributed by atoms with Crippen molar-refractivity contribution >= 4 is 5.96 Å². The van der Waals surface area contributed by atoms with Gasteiger partial charge in [0.25, 0.3) is 0 Å². The van der Waals surface area contributed by atoms with Crippen LogP contribution in [0.25, 0.3) is 0 Å². The first-order valence-electron chi connectivity index (χ1n) is 10.3. The van der Waals surface area contributed by atoms with E-state index in [-0.39, 0.29) is 17.9 Å². The summed E-state index contributed by atoms with van der Waals surface area (Å²) in [7, 11) is 1.57. The lowest BCUT2D eigenvalue weighted by Crippen LogP contribution is -2.37. The highest BCUT2D eigenvalue weighted by Crippen LogP contribution is 2.35. The molecule has 1 aliphatic rings. The van der Waals surface area contributed by atoms with E-state index in [4.69, 9.17) is 4.74 Å². The van der Waals surface area contributed by atoms with Gasteiger partial charge in [-0.3, -0.25) is 4.99 Å². The van der Waals surface area contributed by atoms with Crippen LogP contribution >= 0.6 is 0 Å². The van der Waals surface area contributed by atoms with E-state index in [1.54, 1.807) is 33.9 Å². The summed E-state index contributed by atoms with van der Waals surface area (Å²) in [6, 6.07) is 4.02. The van der Waals surface area contributed by atoms with Crippen LogP contribution in [0.3, 0.4) is 0 Å². The van der Waals surface area contributed by atoms with E-state index in [9.17, 15) is 13.2 Å². The van der Waals surface area contributed by atoms with Crippen molar-refractivity contribution in [1.82, 2.24) is 25.4 Å². The van der Waals surface area contributed by atoms with Gasteiger partial charge in [0.2, 0.25) is 0 Å². The molecule has 2 heterocycles. The maximum Gasteiger partial charge on any atom is 0.416 e. The zero-order valence-corrected chi connectivity index (χ0v) is 18.3. The van der Waals surface area contributed by atoms with Crippen molar-refractivity contribution in [3.05, 3.63) is 41.0 Å².